The Hall–Kier alpha value is -3.68. The molecule has 11 heteroatoms. The number of nitrogens with one attached hydrogen (secondary N) is 1. The number of benzene rings is 1. The molecular formula is C25H25F3N6O2. The maximum absolute atomic E-state index is 13.6. The highest BCUT2D eigenvalue weighted by atomic mass is 19.4. The van der Waals surface area contributed by atoms with Crippen LogP contribution < -0.4 is 10.2 Å². The zero-order chi connectivity index (χ0) is 25.5. The molecule has 8 nitrogen and oxygen atoms in total. The molecule has 1 atom stereocenters. The van der Waals surface area contributed by atoms with Gasteiger partial charge < -0.3 is 15.1 Å². The number of alkyl halides is 3. The minimum Gasteiger partial charge on any atom is -0.359 e. The van der Waals surface area contributed by atoms with Crippen LogP contribution in [0.25, 0.3) is 0 Å². The fourth-order valence-corrected chi connectivity index (χ4v) is 5.23. The van der Waals surface area contributed by atoms with Crippen molar-refractivity contribution in [2.45, 2.75) is 50.4 Å². The molecule has 1 aromatic heterocycles. The molecule has 3 fully saturated rings. The average Bonchev–Trinajstić information content (AvgIpc) is 3.62. The van der Waals surface area contributed by atoms with Crippen molar-refractivity contribution in [1.82, 2.24) is 20.2 Å². The lowest BCUT2D eigenvalue weighted by Crippen LogP contribution is -2.44. The Bertz CT molecular complexity index is 1200. The first-order valence-electron chi connectivity index (χ1n) is 11.9. The van der Waals surface area contributed by atoms with Gasteiger partial charge >= 0.3 is 6.18 Å². The number of aromatic nitrogens is 2. The molecule has 36 heavy (non-hydrogen) atoms. The number of carbonyl (C=O) groups is 2. The van der Waals surface area contributed by atoms with Gasteiger partial charge in [-0.25, -0.2) is 9.97 Å². The van der Waals surface area contributed by atoms with Gasteiger partial charge in [0.1, 0.15) is 6.04 Å². The maximum atomic E-state index is 13.6. The van der Waals surface area contributed by atoms with Crippen molar-refractivity contribution in [3.8, 4) is 6.07 Å². The lowest BCUT2D eigenvalue weighted by molar-refractivity contribution is -0.137. The summed E-state index contributed by atoms with van der Waals surface area (Å²) in [5.41, 5.74) is -1.51. The molecule has 2 amide bonds. The van der Waals surface area contributed by atoms with Crippen LogP contribution in [0.4, 0.5) is 18.9 Å². The summed E-state index contributed by atoms with van der Waals surface area (Å²) < 4.78 is 40.9. The lowest BCUT2D eigenvalue weighted by atomic mass is 9.76. The second-order valence-corrected chi connectivity index (χ2v) is 9.83. The molecule has 1 saturated carbocycles. The number of likely N-dealkylation sites (tertiary alicyclic amines) is 1. The van der Waals surface area contributed by atoms with E-state index in [2.05, 4.69) is 15.3 Å². The molecule has 2 aliphatic heterocycles. The topological polar surface area (TPSA) is 102 Å². The maximum Gasteiger partial charge on any atom is 0.417 e. The van der Waals surface area contributed by atoms with E-state index >= 15 is 0 Å². The number of amides is 2. The quantitative estimate of drug-likeness (QED) is 0.695. The Kier molecular flexibility index (Phi) is 6.06. The van der Waals surface area contributed by atoms with Crippen LogP contribution in [0.2, 0.25) is 0 Å². The van der Waals surface area contributed by atoms with E-state index in [9.17, 15) is 22.8 Å². The third-order valence-electron chi connectivity index (χ3n) is 7.36. The Morgan fingerprint density at radius 1 is 1.14 bits per heavy atom. The first-order chi connectivity index (χ1) is 17.2. The molecular weight excluding hydrogens is 473 g/mol. The predicted octanol–water partition coefficient (Wildman–Crippen LogP) is 3.15. The van der Waals surface area contributed by atoms with E-state index in [4.69, 9.17) is 5.26 Å². The van der Waals surface area contributed by atoms with Crippen LogP contribution in [0.3, 0.4) is 0 Å². The molecule has 3 heterocycles. The number of carbonyl (C=O) groups excluding carboxylic acids is 2. The molecule has 2 aromatic rings. The zero-order valence-corrected chi connectivity index (χ0v) is 19.5. The van der Waals surface area contributed by atoms with Gasteiger partial charge in [-0.05, 0) is 61.8 Å². The summed E-state index contributed by atoms with van der Waals surface area (Å²) in [6, 6.07) is 6.36. The van der Waals surface area contributed by atoms with Gasteiger partial charge in [0.25, 0.3) is 5.91 Å². The van der Waals surface area contributed by atoms with Crippen molar-refractivity contribution in [2.75, 3.05) is 24.5 Å². The number of rotatable bonds is 4. The molecule has 1 N–H and O–H groups in total. The van der Waals surface area contributed by atoms with E-state index in [1.54, 1.807) is 21.9 Å². The summed E-state index contributed by atoms with van der Waals surface area (Å²) in [5, 5.41) is 12.2. The molecule has 0 bridgehead atoms. The normalized spacial score (nSPS) is 21.3. The average molecular weight is 499 g/mol. The summed E-state index contributed by atoms with van der Waals surface area (Å²) in [6.45, 7) is 1.29. The van der Waals surface area contributed by atoms with E-state index in [1.807, 2.05) is 0 Å². The number of nitriles is 1. The third-order valence-corrected chi connectivity index (χ3v) is 7.36. The SMILES string of the molecule is N#Cc1ccc(N2CC3(CCN(C(=O)c4ncccn4)CC3)CC2C(=O)NC2CC2)cc1C(F)(F)F. The molecule has 2 saturated heterocycles. The van der Waals surface area contributed by atoms with Gasteiger partial charge in [0.15, 0.2) is 0 Å². The van der Waals surface area contributed by atoms with E-state index in [0.717, 1.165) is 18.9 Å². The van der Waals surface area contributed by atoms with Crippen LogP contribution in [0.15, 0.2) is 36.7 Å². The molecule has 1 unspecified atom stereocenters. The molecule has 1 aromatic carbocycles. The number of hydrogen-bond donors (Lipinski definition) is 1. The smallest absolute Gasteiger partial charge is 0.359 e. The molecule has 0 radical (unpaired) electrons. The van der Waals surface area contributed by atoms with Crippen LogP contribution in [0, 0.1) is 16.7 Å². The van der Waals surface area contributed by atoms with Gasteiger partial charge in [0.05, 0.1) is 17.2 Å². The monoisotopic (exact) mass is 498 g/mol. The van der Waals surface area contributed by atoms with Gasteiger partial charge in [-0.3, -0.25) is 9.59 Å². The lowest BCUT2D eigenvalue weighted by Gasteiger charge is -2.39. The summed E-state index contributed by atoms with van der Waals surface area (Å²) >= 11 is 0. The first-order valence-corrected chi connectivity index (χ1v) is 11.9. The Balaban J connectivity index is 1.39. The van der Waals surface area contributed by atoms with Crippen LogP contribution in [-0.4, -0.2) is 58.4 Å². The third kappa shape index (κ3) is 4.72. The fourth-order valence-electron chi connectivity index (χ4n) is 5.23. The van der Waals surface area contributed by atoms with Crippen molar-refractivity contribution in [3.63, 3.8) is 0 Å². The fraction of sp³-hybridized carbons (Fsp3) is 0.480. The number of hydrogen-bond acceptors (Lipinski definition) is 6. The molecule has 3 aliphatic rings. The number of anilines is 1. The molecule has 5 rings (SSSR count). The van der Waals surface area contributed by atoms with Crippen LogP contribution in [0.5, 0.6) is 0 Å². The van der Waals surface area contributed by atoms with Crippen molar-refractivity contribution in [2.24, 2.45) is 5.41 Å². The zero-order valence-electron chi connectivity index (χ0n) is 19.5. The van der Waals surface area contributed by atoms with Crippen molar-refractivity contribution in [1.29, 1.82) is 5.26 Å². The largest absolute Gasteiger partial charge is 0.417 e. The standard InChI is InChI=1S/C25H25F3N6O2/c26-25(27,28)19-12-18(5-2-16(19)14-29)34-15-24(13-20(34)22(35)32-17-3-4-17)6-10-33(11-7-24)23(36)21-30-8-1-9-31-21/h1-2,5,8-9,12,17,20H,3-4,6-7,10-11,13,15H2,(H,32,35). The summed E-state index contributed by atoms with van der Waals surface area (Å²) in [5.74, 6) is -0.325. The Labute approximate surface area is 206 Å². The minimum absolute atomic E-state index is 0.118. The highest BCUT2D eigenvalue weighted by Gasteiger charge is 2.49. The Morgan fingerprint density at radius 3 is 2.44 bits per heavy atom. The predicted molar refractivity (Wildman–Crippen MR) is 123 cm³/mol. The van der Waals surface area contributed by atoms with Gasteiger partial charge in [-0.2, -0.15) is 18.4 Å². The van der Waals surface area contributed by atoms with E-state index in [-0.39, 0.29) is 34.8 Å². The Morgan fingerprint density at radius 2 is 1.83 bits per heavy atom. The van der Waals surface area contributed by atoms with Gasteiger partial charge in [-0.1, -0.05) is 0 Å². The summed E-state index contributed by atoms with van der Waals surface area (Å²) in [6.07, 6.45) is 1.84. The van der Waals surface area contributed by atoms with E-state index in [1.165, 1.54) is 24.5 Å². The molecule has 1 spiro atoms. The second-order valence-electron chi connectivity index (χ2n) is 9.83. The number of nitrogens with zero attached hydrogens (tertiary/aromatic N) is 5. The van der Waals surface area contributed by atoms with Gasteiger partial charge in [0, 0.05) is 43.8 Å². The van der Waals surface area contributed by atoms with Crippen LogP contribution >= 0.6 is 0 Å². The van der Waals surface area contributed by atoms with Crippen molar-refractivity contribution in [3.05, 3.63) is 53.6 Å². The second kappa shape index (κ2) is 9.08. The van der Waals surface area contributed by atoms with Gasteiger partial charge in [-0.15, -0.1) is 0 Å². The highest BCUT2D eigenvalue weighted by molar-refractivity contribution is 5.90. The highest BCUT2D eigenvalue weighted by Crippen LogP contribution is 2.46. The number of halogens is 3. The van der Waals surface area contributed by atoms with Crippen molar-refractivity contribution >= 4 is 17.5 Å². The minimum atomic E-state index is -4.69. The van der Waals surface area contributed by atoms with E-state index in [0.29, 0.717) is 38.9 Å². The van der Waals surface area contributed by atoms with E-state index < -0.39 is 23.3 Å². The number of piperidine rings is 1. The summed E-state index contributed by atoms with van der Waals surface area (Å²) in [7, 11) is 0. The van der Waals surface area contributed by atoms with Crippen molar-refractivity contribution < 1.29 is 22.8 Å². The summed E-state index contributed by atoms with van der Waals surface area (Å²) in [4.78, 5) is 37.4. The van der Waals surface area contributed by atoms with Crippen LogP contribution in [-0.2, 0) is 11.0 Å². The van der Waals surface area contributed by atoms with Gasteiger partial charge in [0.2, 0.25) is 11.7 Å². The molecule has 188 valence electrons. The first kappa shape index (κ1) is 24.0. The van der Waals surface area contributed by atoms with Crippen LogP contribution in [0.1, 0.15) is 53.8 Å². The molecule has 1 aliphatic carbocycles.